The molecule has 1 aromatic rings. The van der Waals surface area contributed by atoms with Gasteiger partial charge in [-0.25, -0.2) is 0 Å². The molecule has 0 bridgehead atoms. The molecule has 0 aliphatic heterocycles. The molecule has 2 atom stereocenters. The smallest absolute Gasteiger partial charge is 0.00766 e. The average Bonchev–Trinajstić information content (AvgIpc) is 2.17. The van der Waals surface area contributed by atoms with Gasteiger partial charge in [0.25, 0.3) is 0 Å². The number of aryl methyl sites for hydroxylation is 1. The van der Waals surface area contributed by atoms with Crippen molar-refractivity contribution < 1.29 is 0 Å². The van der Waals surface area contributed by atoms with Crippen molar-refractivity contribution in [3.05, 3.63) is 35.4 Å². The van der Waals surface area contributed by atoms with Crippen molar-refractivity contribution in [1.82, 2.24) is 0 Å². The van der Waals surface area contributed by atoms with Crippen LogP contribution in [-0.2, 0) is 6.42 Å². The van der Waals surface area contributed by atoms with E-state index in [1.54, 1.807) is 0 Å². The van der Waals surface area contributed by atoms with E-state index < -0.39 is 0 Å². The van der Waals surface area contributed by atoms with Gasteiger partial charge in [0.1, 0.15) is 0 Å². The molecule has 0 saturated carbocycles. The first-order valence-corrected chi connectivity index (χ1v) is 4.99. The predicted molar refractivity (Wildman–Crippen MR) is 57.9 cm³/mol. The average molecular weight is 177 g/mol. The second-order valence-corrected chi connectivity index (χ2v) is 3.74. The largest absolute Gasteiger partial charge is 0.327 e. The van der Waals surface area contributed by atoms with Crippen LogP contribution in [0.2, 0.25) is 0 Å². The number of hydrogen-bond donors (Lipinski definition) is 1. The second-order valence-electron chi connectivity index (χ2n) is 3.74. The molecule has 0 saturated heterocycles. The van der Waals surface area contributed by atoms with Crippen molar-refractivity contribution >= 4 is 0 Å². The van der Waals surface area contributed by atoms with E-state index in [4.69, 9.17) is 5.73 Å². The highest BCUT2D eigenvalue weighted by atomic mass is 14.6. The third-order valence-corrected chi connectivity index (χ3v) is 2.70. The Kier molecular flexibility index (Phi) is 3.49. The van der Waals surface area contributed by atoms with Crippen molar-refractivity contribution in [2.75, 3.05) is 0 Å². The fraction of sp³-hybridized carbons (Fsp3) is 0.500. The van der Waals surface area contributed by atoms with Gasteiger partial charge < -0.3 is 5.73 Å². The molecule has 0 heterocycles. The second kappa shape index (κ2) is 4.43. The third kappa shape index (κ3) is 2.56. The van der Waals surface area contributed by atoms with Gasteiger partial charge in [-0.3, -0.25) is 0 Å². The van der Waals surface area contributed by atoms with Crippen LogP contribution in [0.1, 0.15) is 37.8 Å². The van der Waals surface area contributed by atoms with E-state index in [0.717, 1.165) is 6.42 Å². The van der Waals surface area contributed by atoms with E-state index in [1.807, 2.05) is 0 Å². The summed E-state index contributed by atoms with van der Waals surface area (Å²) in [5.41, 5.74) is 8.57. The number of benzene rings is 1. The fourth-order valence-corrected chi connectivity index (χ4v) is 1.36. The van der Waals surface area contributed by atoms with E-state index >= 15 is 0 Å². The molecule has 0 fully saturated rings. The van der Waals surface area contributed by atoms with Crippen LogP contribution in [0, 0.1) is 0 Å². The van der Waals surface area contributed by atoms with Gasteiger partial charge in [-0.05, 0) is 30.4 Å². The molecule has 0 radical (unpaired) electrons. The number of rotatable bonds is 3. The topological polar surface area (TPSA) is 26.0 Å². The molecule has 0 aromatic heterocycles. The maximum atomic E-state index is 5.84. The molecule has 1 heteroatoms. The van der Waals surface area contributed by atoms with Crippen LogP contribution in [0.25, 0.3) is 0 Å². The Balaban J connectivity index is 2.79. The highest BCUT2D eigenvalue weighted by Gasteiger charge is 2.09. The SMILES string of the molecule is CCc1ccc(C(C)C(C)N)cc1. The molecular weight excluding hydrogens is 158 g/mol. The maximum Gasteiger partial charge on any atom is 0.00766 e. The van der Waals surface area contributed by atoms with Crippen molar-refractivity contribution in [1.29, 1.82) is 0 Å². The Morgan fingerprint density at radius 3 is 2.08 bits per heavy atom. The lowest BCUT2D eigenvalue weighted by Crippen LogP contribution is -2.22. The van der Waals surface area contributed by atoms with E-state index in [9.17, 15) is 0 Å². The van der Waals surface area contributed by atoms with Crippen molar-refractivity contribution in [2.24, 2.45) is 5.73 Å². The van der Waals surface area contributed by atoms with Crippen molar-refractivity contribution in [3.63, 3.8) is 0 Å². The molecule has 0 amide bonds. The minimum absolute atomic E-state index is 0.229. The summed E-state index contributed by atoms with van der Waals surface area (Å²) < 4.78 is 0. The minimum atomic E-state index is 0.229. The van der Waals surface area contributed by atoms with Crippen LogP contribution in [0.15, 0.2) is 24.3 Å². The number of nitrogens with two attached hydrogens (primary N) is 1. The Morgan fingerprint density at radius 1 is 1.15 bits per heavy atom. The zero-order valence-electron chi connectivity index (χ0n) is 8.75. The van der Waals surface area contributed by atoms with Crippen LogP contribution in [-0.4, -0.2) is 6.04 Å². The highest BCUT2D eigenvalue weighted by Crippen LogP contribution is 2.18. The molecule has 1 rings (SSSR count). The van der Waals surface area contributed by atoms with Crippen LogP contribution in [0.4, 0.5) is 0 Å². The summed E-state index contributed by atoms with van der Waals surface area (Å²) >= 11 is 0. The maximum absolute atomic E-state index is 5.84. The van der Waals surface area contributed by atoms with Crippen molar-refractivity contribution in [3.8, 4) is 0 Å². The molecule has 2 N–H and O–H groups in total. The summed E-state index contributed by atoms with van der Waals surface area (Å²) in [6.07, 6.45) is 1.10. The fourth-order valence-electron chi connectivity index (χ4n) is 1.36. The summed E-state index contributed by atoms with van der Waals surface area (Å²) in [4.78, 5) is 0. The van der Waals surface area contributed by atoms with Crippen LogP contribution in [0.3, 0.4) is 0 Å². The van der Waals surface area contributed by atoms with Gasteiger partial charge >= 0.3 is 0 Å². The molecule has 13 heavy (non-hydrogen) atoms. The standard InChI is InChI=1S/C12H19N/c1-4-11-5-7-12(8-6-11)9(2)10(3)13/h5-10H,4,13H2,1-3H3. The first-order chi connectivity index (χ1) is 6.15. The molecule has 0 spiro atoms. The lowest BCUT2D eigenvalue weighted by molar-refractivity contribution is 0.613. The molecule has 0 aliphatic rings. The minimum Gasteiger partial charge on any atom is -0.327 e. The molecule has 2 unspecified atom stereocenters. The summed E-state index contributed by atoms with van der Waals surface area (Å²) in [5, 5.41) is 0. The van der Waals surface area contributed by atoms with Gasteiger partial charge in [0.05, 0.1) is 0 Å². The Hall–Kier alpha value is -0.820. The molecule has 72 valence electrons. The van der Waals surface area contributed by atoms with Crippen LogP contribution >= 0.6 is 0 Å². The quantitative estimate of drug-likeness (QED) is 0.754. The third-order valence-electron chi connectivity index (χ3n) is 2.70. The molecular formula is C12H19N. The molecule has 1 nitrogen and oxygen atoms in total. The van der Waals surface area contributed by atoms with Gasteiger partial charge in [-0.2, -0.15) is 0 Å². The predicted octanol–water partition coefficient (Wildman–Crippen LogP) is 2.70. The van der Waals surface area contributed by atoms with Gasteiger partial charge in [0.15, 0.2) is 0 Å². The molecule has 1 aromatic carbocycles. The van der Waals surface area contributed by atoms with E-state index in [2.05, 4.69) is 45.0 Å². The first-order valence-electron chi connectivity index (χ1n) is 4.99. The first kappa shape index (κ1) is 10.3. The van der Waals surface area contributed by atoms with Crippen LogP contribution < -0.4 is 5.73 Å². The van der Waals surface area contributed by atoms with Crippen LogP contribution in [0.5, 0.6) is 0 Å². The van der Waals surface area contributed by atoms with Gasteiger partial charge in [-0.15, -0.1) is 0 Å². The normalized spacial score (nSPS) is 15.4. The summed E-state index contributed by atoms with van der Waals surface area (Å²) in [6.45, 7) is 6.40. The Labute approximate surface area is 81.0 Å². The van der Waals surface area contributed by atoms with Gasteiger partial charge in [0, 0.05) is 6.04 Å². The Morgan fingerprint density at radius 2 is 1.69 bits per heavy atom. The highest BCUT2D eigenvalue weighted by molar-refractivity contribution is 5.25. The van der Waals surface area contributed by atoms with E-state index in [-0.39, 0.29) is 6.04 Å². The number of hydrogen-bond acceptors (Lipinski definition) is 1. The lowest BCUT2D eigenvalue weighted by atomic mass is 9.94. The monoisotopic (exact) mass is 177 g/mol. The Bertz CT molecular complexity index is 248. The van der Waals surface area contributed by atoms with E-state index in [0.29, 0.717) is 5.92 Å². The summed E-state index contributed by atoms with van der Waals surface area (Å²) in [6, 6.07) is 8.98. The summed E-state index contributed by atoms with van der Waals surface area (Å²) in [7, 11) is 0. The van der Waals surface area contributed by atoms with Gasteiger partial charge in [0.2, 0.25) is 0 Å². The lowest BCUT2D eigenvalue weighted by Gasteiger charge is -2.15. The van der Waals surface area contributed by atoms with Crippen molar-refractivity contribution in [2.45, 2.75) is 39.2 Å². The summed E-state index contributed by atoms with van der Waals surface area (Å²) in [5.74, 6) is 0.450. The zero-order valence-corrected chi connectivity index (χ0v) is 8.75. The van der Waals surface area contributed by atoms with E-state index in [1.165, 1.54) is 11.1 Å². The van der Waals surface area contributed by atoms with Gasteiger partial charge in [-0.1, -0.05) is 38.1 Å². The zero-order chi connectivity index (χ0) is 9.84. The molecule has 0 aliphatic carbocycles.